The Hall–Kier alpha value is -2.66. The number of hydrogen-bond acceptors (Lipinski definition) is 4. The van der Waals surface area contributed by atoms with Crippen molar-refractivity contribution in [2.75, 3.05) is 5.32 Å². The average molecular weight is 367 g/mol. The fourth-order valence-corrected chi connectivity index (χ4v) is 3.92. The zero-order valence-corrected chi connectivity index (χ0v) is 16.1. The molecule has 0 aliphatic carbocycles. The Morgan fingerprint density at radius 3 is 2.50 bits per heavy atom. The van der Waals surface area contributed by atoms with E-state index in [1.54, 1.807) is 6.92 Å². The Labute approximate surface area is 156 Å². The van der Waals surface area contributed by atoms with Crippen LogP contribution in [0.15, 0.2) is 42.5 Å². The van der Waals surface area contributed by atoms with E-state index in [0.29, 0.717) is 4.88 Å². The molecule has 3 rings (SSSR count). The highest BCUT2D eigenvalue weighted by atomic mass is 32.1. The van der Waals surface area contributed by atoms with E-state index in [0.717, 1.165) is 32.5 Å². The highest BCUT2D eigenvalue weighted by molar-refractivity contribution is 7.21. The number of aryl methyl sites for hydroxylation is 3. The first-order chi connectivity index (χ1) is 12.4. The van der Waals surface area contributed by atoms with Gasteiger partial charge < -0.3 is 10.1 Å². The van der Waals surface area contributed by atoms with E-state index in [1.807, 2.05) is 63.2 Å². The Bertz CT molecular complexity index is 990. The second-order valence-corrected chi connectivity index (χ2v) is 7.46. The van der Waals surface area contributed by atoms with E-state index < -0.39 is 12.1 Å². The largest absolute Gasteiger partial charge is 0.448 e. The van der Waals surface area contributed by atoms with Gasteiger partial charge in [0.15, 0.2) is 6.10 Å². The van der Waals surface area contributed by atoms with Gasteiger partial charge in [0.25, 0.3) is 5.91 Å². The molecule has 134 valence electrons. The molecular formula is C21H21NO3S. The van der Waals surface area contributed by atoms with Gasteiger partial charge in [0, 0.05) is 10.4 Å². The van der Waals surface area contributed by atoms with Crippen molar-refractivity contribution in [2.45, 2.75) is 33.8 Å². The Morgan fingerprint density at radius 2 is 1.81 bits per heavy atom. The quantitative estimate of drug-likeness (QED) is 0.660. The van der Waals surface area contributed by atoms with E-state index in [-0.39, 0.29) is 5.91 Å². The molecule has 2 aromatic carbocycles. The lowest BCUT2D eigenvalue weighted by molar-refractivity contribution is -0.123. The number of fused-ring (bicyclic) bond motifs is 1. The molecule has 0 aliphatic heterocycles. The molecule has 5 heteroatoms. The zero-order valence-electron chi connectivity index (χ0n) is 15.3. The van der Waals surface area contributed by atoms with Crippen LogP contribution >= 0.6 is 11.3 Å². The molecule has 0 aliphatic rings. The van der Waals surface area contributed by atoms with Crippen LogP contribution in [-0.4, -0.2) is 18.0 Å². The van der Waals surface area contributed by atoms with Crippen LogP contribution in [0.1, 0.15) is 33.3 Å². The minimum Gasteiger partial charge on any atom is -0.448 e. The minimum absolute atomic E-state index is 0.343. The lowest BCUT2D eigenvalue weighted by atomic mass is 10.1. The normalized spacial score (nSPS) is 12.0. The van der Waals surface area contributed by atoms with E-state index in [9.17, 15) is 9.59 Å². The first-order valence-corrected chi connectivity index (χ1v) is 9.25. The number of thiophene rings is 1. The maximum atomic E-state index is 12.5. The van der Waals surface area contributed by atoms with Gasteiger partial charge in [-0.25, -0.2) is 4.79 Å². The summed E-state index contributed by atoms with van der Waals surface area (Å²) in [6.45, 7) is 7.41. The second kappa shape index (κ2) is 7.30. The summed E-state index contributed by atoms with van der Waals surface area (Å²) < 4.78 is 6.44. The third-order valence-corrected chi connectivity index (χ3v) is 5.57. The summed E-state index contributed by atoms with van der Waals surface area (Å²) in [5.41, 5.74) is 3.71. The number of carbonyl (C=O) groups excluding carboxylic acids is 2. The van der Waals surface area contributed by atoms with Crippen LogP contribution in [0.4, 0.5) is 5.69 Å². The van der Waals surface area contributed by atoms with Crippen molar-refractivity contribution in [1.29, 1.82) is 0 Å². The van der Waals surface area contributed by atoms with Crippen molar-refractivity contribution in [3.8, 4) is 0 Å². The van der Waals surface area contributed by atoms with Crippen LogP contribution in [0, 0.1) is 20.8 Å². The lowest BCUT2D eigenvalue weighted by Gasteiger charge is -2.15. The molecule has 0 radical (unpaired) electrons. The summed E-state index contributed by atoms with van der Waals surface area (Å²) in [4.78, 5) is 25.4. The van der Waals surface area contributed by atoms with E-state index in [2.05, 4.69) is 5.32 Å². The summed E-state index contributed by atoms with van der Waals surface area (Å²) in [7, 11) is 0. The molecule has 0 bridgehead atoms. The number of amides is 1. The Kier molecular flexibility index (Phi) is 5.09. The molecule has 26 heavy (non-hydrogen) atoms. The molecule has 4 nitrogen and oxygen atoms in total. The molecule has 3 aromatic rings. The molecule has 1 heterocycles. The number of nitrogens with one attached hydrogen (secondary N) is 1. The van der Waals surface area contributed by atoms with Gasteiger partial charge in [0.2, 0.25) is 0 Å². The van der Waals surface area contributed by atoms with Gasteiger partial charge >= 0.3 is 5.97 Å². The van der Waals surface area contributed by atoms with E-state index in [1.165, 1.54) is 11.3 Å². The molecule has 0 saturated carbocycles. The molecule has 1 aromatic heterocycles. The van der Waals surface area contributed by atoms with Gasteiger partial charge in [0.05, 0.1) is 0 Å². The van der Waals surface area contributed by atoms with Gasteiger partial charge in [0.1, 0.15) is 4.88 Å². The van der Waals surface area contributed by atoms with Crippen LogP contribution in [0.3, 0.4) is 0 Å². The standard InChI is InChI=1S/C21H21NO3S/c1-12-9-10-17(13(2)11-12)22-20(23)15(4)25-21(24)19-14(3)16-7-5-6-8-18(16)26-19/h5-11,15H,1-4H3,(H,22,23)/t15-/m0/s1. The predicted molar refractivity (Wildman–Crippen MR) is 106 cm³/mol. The number of benzene rings is 2. The average Bonchev–Trinajstić information content (AvgIpc) is 2.94. The lowest BCUT2D eigenvalue weighted by Crippen LogP contribution is -2.30. The maximum Gasteiger partial charge on any atom is 0.349 e. The summed E-state index contributed by atoms with van der Waals surface area (Å²) in [6.07, 6.45) is -0.882. The molecule has 1 amide bonds. The van der Waals surface area contributed by atoms with E-state index >= 15 is 0 Å². The second-order valence-electron chi connectivity index (χ2n) is 6.41. The topological polar surface area (TPSA) is 55.4 Å². The third kappa shape index (κ3) is 3.63. The zero-order chi connectivity index (χ0) is 18.8. The monoisotopic (exact) mass is 367 g/mol. The van der Waals surface area contributed by atoms with Gasteiger partial charge in [-0.05, 0) is 56.3 Å². The SMILES string of the molecule is Cc1ccc(NC(=O)[C@H](C)OC(=O)c2sc3ccccc3c2C)c(C)c1. The van der Waals surface area contributed by atoms with Crippen LogP contribution in [0.25, 0.3) is 10.1 Å². The number of carbonyl (C=O) groups is 2. The van der Waals surface area contributed by atoms with Gasteiger partial charge in [-0.2, -0.15) is 0 Å². The molecule has 0 unspecified atom stereocenters. The van der Waals surface area contributed by atoms with Crippen molar-refractivity contribution < 1.29 is 14.3 Å². The predicted octanol–water partition coefficient (Wildman–Crippen LogP) is 5.01. The fraction of sp³-hybridized carbons (Fsp3) is 0.238. The molecular weight excluding hydrogens is 346 g/mol. The Balaban J connectivity index is 1.71. The molecule has 0 saturated heterocycles. The maximum absolute atomic E-state index is 12.5. The fourth-order valence-electron chi connectivity index (χ4n) is 2.82. The van der Waals surface area contributed by atoms with Crippen LogP contribution < -0.4 is 5.32 Å². The van der Waals surface area contributed by atoms with Crippen LogP contribution in [0.5, 0.6) is 0 Å². The highest BCUT2D eigenvalue weighted by Crippen LogP contribution is 2.31. The van der Waals surface area contributed by atoms with Crippen LogP contribution in [-0.2, 0) is 9.53 Å². The summed E-state index contributed by atoms with van der Waals surface area (Å²) in [6, 6.07) is 13.6. The first kappa shape index (κ1) is 18.1. The number of anilines is 1. The van der Waals surface area contributed by atoms with Gasteiger partial charge in [-0.1, -0.05) is 35.9 Å². The van der Waals surface area contributed by atoms with Crippen LogP contribution in [0.2, 0.25) is 0 Å². The summed E-state index contributed by atoms with van der Waals surface area (Å²) in [5.74, 6) is -0.809. The molecule has 0 fully saturated rings. The van der Waals surface area contributed by atoms with Crippen molar-refractivity contribution >= 4 is 39.0 Å². The first-order valence-electron chi connectivity index (χ1n) is 8.44. The smallest absolute Gasteiger partial charge is 0.349 e. The molecule has 1 atom stereocenters. The minimum atomic E-state index is -0.882. The Morgan fingerprint density at radius 1 is 1.08 bits per heavy atom. The number of ether oxygens (including phenoxy) is 1. The van der Waals surface area contributed by atoms with Crippen molar-refractivity contribution in [2.24, 2.45) is 0 Å². The third-order valence-electron chi connectivity index (χ3n) is 4.32. The highest BCUT2D eigenvalue weighted by Gasteiger charge is 2.23. The molecule has 0 spiro atoms. The van der Waals surface area contributed by atoms with Gasteiger partial charge in [-0.3, -0.25) is 4.79 Å². The summed E-state index contributed by atoms with van der Waals surface area (Å²) >= 11 is 1.39. The van der Waals surface area contributed by atoms with Crippen molar-refractivity contribution in [3.05, 3.63) is 64.0 Å². The van der Waals surface area contributed by atoms with Crippen molar-refractivity contribution in [1.82, 2.24) is 0 Å². The molecule has 1 N–H and O–H groups in total. The van der Waals surface area contributed by atoms with Gasteiger partial charge in [-0.15, -0.1) is 11.3 Å². The van der Waals surface area contributed by atoms with E-state index in [4.69, 9.17) is 4.74 Å². The van der Waals surface area contributed by atoms with Crippen molar-refractivity contribution in [3.63, 3.8) is 0 Å². The summed E-state index contributed by atoms with van der Waals surface area (Å²) in [5, 5.41) is 3.86. The number of hydrogen-bond donors (Lipinski definition) is 1. The number of esters is 1. The number of rotatable bonds is 4.